The van der Waals surface area contributed by atoms with Gasteiger partial charge in [0.05, 0.1) is 5.39 Å². The number of hydrogen-bond acceptors (Lipinski definition) is 7. The first-order chi connectivity index (χ1) is 14.0. The highest BCUT2D eigenvalue weighted by Gasteiger charge is 2.35. The fourth-order valence-corrected chi connectivity index (χ4v) is 4.86. The fraction of sp³-hybridized carbons (Fsp3) is 0.650. The van der Waals surface area contributed by atoms with Crippen molar-refractivity contribution in [3.05, 3.63) is 28.7 Å². The molecule has 2 saturated heterocycles. The van der Waals surface area contributed by atoms with Crippen LogP contribution >= 0.6 is 0 Å². The van der Waals surface area contributed by atoms with E-state index in [0.29, 0.717) is 29.1 Å². The maximum absolute atomic E-state index is 12.8. The second kappa shape index (κ2) is 8.42. The number of pyridine rings is 1. The topological polar surface area (TPSA) is 77.7 Å². The van der Waals surface area contributed by atoms with E-state index in [1.807, 2.05) is 6.82 Å². The Morgan fingerprint density at radius 2 is 2.00 bits per heavy atom. The molecule has 2 aromatic rings. The standard InChI is InChI=1S/C20H31BN6O2/c1-4-15-14-25(12-13-27(15)16-7-10-26(11-8-16)21(2)29)20-23-18-17(6-5-9-22-18)19(28)24(20)3/h5-6,9,15-16,29H,4,7-8,10-14H2,1-3H3/t15-/m0/s1. The zero-order chi connectivity index (χ0) is 20.5. The zero-order valence-corrected chi connectivity index (χ0v) is 17.7. The largest absolute Gasteiger partial charge is 0.437 e. The van der Waals surface area contributed by atoms with Crippen molar-refractivity contribution >= 4 is 24.0 Å². The SMILES string of the molecule is CC[C@H]1CN(c2nc3ncccc3c(=O)n2C)CCN1C1CCN(B(C)O)CC1. The van der Waals surface area contributed by atoms with Gasteiger partial charge in [-0.05, 0) is 51.3 Å². The van der Waals surface area contributed by atoms with Gasteiger partial charge in [-0.1, -0.05) is 6.92 Å². The van der Waals surface area contributed by atoms with Crippen LogP contribution in [-0.4, -0.2) is 81.1 Å². The maximum atomic E-state index is 12.8. The molecule has 0 saturated carbocycles. The normalized spacial score (nSPS) is 22.3. The average Bonchev–Trinajstić information content (AvgIpc) is 2.76. The van der Waals surface area contributed by atoms with Crippen LogP contribution in [0.4, 0.5) is 5.95 Å². The molecule has 0 spiro atoms. The number of anilines is 1. The molecule has 0 aliphatic carbocycles. The minimum absolute atomic E-state index is 0.0425. The Morgan fingerprint density at radius 1 is 1.24 bits per heavy atom. The van der Waals surface area contributed by atoms with Crippen molar-refractivity contribution in [1.82, 2.24) is 24.2 Å². The third kappa shape index (κ3) is 3.91. The van der Waals surface area contributed by atoms with E-state index in [-0.39, 0.29) is 12.6 Å². The molecular formula is C20H31BN6O2. The summed E-state index contributed by atoms with van der Waals surface area (Å²) in [7, 11) is 1.44. The van der Waals surface area contributed by atoms with Crippen molar-refractivity contribution in [3.8, 4) is 0 Å². The predicted octanol–water partition coefficient (Wildman–Crippen LogP) is 0.804. The van der Waals surface area contributed by atoms with E-state index < -0.39 is 0 Å². The second-order valence-electron chi connectivity index (χ2n) is 8.30. The molecule has 0 aromatic carbocycles. The van der Waals surface area contributed by atoms with Crippen molar-refractivity contribution in [2.75, 3.05) is 37.6 Å². The minimum atomic E-state index is -0.358. The molecule has 0 unspecified atom stereocenters. The highest BCUT2D eigenvalue weighted by molar-refractivity contribution is 6.45. The summed E-state index contributed by atoms with van der Waals surface area (Å²) in [6.45, 7) is 8.67. The number of aromatic nitrogens is 3. The number of fused-ring (bicyclic) bond motifs is 1. The first-order valence-electron chi connectivity index (χ1n) is 10.7. The molecule has 2 aromatic heterocycles. The summed E-state index contributed by atoms with van der Waals surface area (Å²) < 4.78 is 1.66. The Bertz CT molecular complexity index is 911. The number of nitrogens with zero attached hydrogens (tertiary/aromatic N) is 6. The Hall–Kier alpha value is -1.97. The summed E-state index contributed by atoms with van der Waals surface area (Å²) in [6.07, 6.45) is 4.94. The lowest BCUT2D eigenvalue weighted by molar-refractivity contribution is 0.0771. The van der Waals surface area contributed by atoms with E-state index in [9.17, 15) is 9.82 Å². The molecule has 0 radical (unpaired) electrons. The monoisotopic (exact) mass is 398 g/mol. The summed E-state index contributed by atoms with van der Waals surface area (Å²) in [5, 5.41) is 10.4. The van der Waals surface area contributed by atoms with Crippen LogP contribution in [-0.2, 0) is 7.05 Å². The molecule has 8 nitrogen and oxygen atoms in total. The van der Waals surface area contributed by atoms with Gasteiger partial charge in [-0.15, -0.1) is 0 Å². The zero-order valence-electron chi connectivity index (χ0n) is 17.7. The number of rotatable bonds is 4. The van der Waals surface area contributed by atoms with Crippen LogP contribution in [0.25, 0.3) is 11.0 Å². The molecule has 4 rings (SSSR count). The molecule has 2 fully saturated rings. The highest BCUT2D eigenvalue weighted by atomic mass is 16.2. The molecule has 2 aliphatic heterocycles. The van der Waals surface area contributed by atoms with Crippen molar-refractivity contribution in [3.63, 3.8) is 0 Å². The van der Waals surface area contributed by atoms with Crippen molar-refractivity contribution in [2.45, 2.75) is 45.1 Å². The lowest BCUT2D eigenvalue weighted by Crippen LogP contribution is -2.59. The highest BCUT2D eigenvalue weighted by Crippen LogP contribution is 2.25. The Labute approximate surface area is 172 Å². The van der Waals surface area contributed by atoms with Crippen LogP contribution in [0.2, 0.25) is 6.82 Å². The molecular weight excluding hydrogens is 367 g/mol. The lowest BCUT2D eigenvalue weighted by Gasteiger charge is -2.47. The second-order valence-corrected chi connectivity index (χ2v) is 8.30. The number of piperidine rings is 1. The molecule has 0 bridgehead atoms. The fourth-order valence-electron chi connectivity index (χ4n) is 4.86. The van der Waals surface area contributed by atoms with Crippen LogP contribution in [0.5, 0.6) is 0 Å². The van der Waals surface area contributed by atoms with Gasteiger partial charge in [0, 0.05) is 45.0 Å². The van der Waals surface area contributed by atoms with Crippen molar-refractivity contribution < 1.29 is 5.02 Å². The van der Waals surface area contributed by atoms with Crippen LogP contribution in [0.15, 0.2) is 23.1 Å². The predicted molar refractivity (Wildman–Crippen MR) is 116 cm³/mol. The van der Waals surface area contributed by atoms with Crippen LogP contribution in [0, 0.1) is 0 Å². The van der Waals surface area contributed by atoms with Crippen molar-refractivity contribution in [1.29, 1.82) is 0 Å². The molecule has 156 valence electrons. The third-order valence-electron chi connectivity index (χ3n) is 6.61. The number of piperazine rings is 1. The van der Waals surface area contributed by atoms with Gasteiger partial charge in [0.15, 0.2) is 5.65 Å². The molecule has 1 N–H and O–H groups in total. The van der Waals surface area contributed by atoms with Gasteiger partial charge in [-0.25, -0.2) is 4.98 Å². The molecule has 4 heterocycles. The molecule has 9 heteroatoms. The third-order valence-corrected chi connectivity index (χ3v) is 6.61. The summed E-state index contributed by atoms with van der Waals surface area (Å²) in [4.78, 5) is 28.8. The van der Waals surface area contributed by atoms with E-state index in [2.05, 4.69) is 26.5 Å². The van der Waals surface area contributed by atoms with E-state index in [4.69, 9.17) is 4.98 Å². The van der Waals surface area contributed by atoms with E-state index in [0.717, 1.165) is 52.0 Å². The van der Waals surface area contributed by atoms with Gasteiger partial charge >= 0.3 is 7.05 Å². The quantitative estimate of drug-likeness (QED) is 0.764. The Morgan fingerprint density at radius 3 is 2.69 bits per heavy atom. The smallest absolute Gasteiger partial charge is 0.376 e. The Balaban J connectivity index is 1.51. The van der Waals surface area contributed by atoms with E-state index in [1.165, 1.54) is 0 Å². The molecule has 1 atom stereocenters. The van der Waals surface area contributed by atoms with Gasteiger partial charge in [0.25, 0.3) is 5.56 Å². The molecule has 0 amide bonds. The van der Waals surface area contributed by atoms with E-state index in [1.54, 1.807) is 29.9 Å². The average molecular weight is 398 g/mol. The molecule has 2 aliphatic rings. The number of hydrogen-bond donors (Lipinski definition) is 1. The van der Waals surface area contributed by atoms with Crippen molar-refractivity contribution in [2.24, 2.45) is 7.05 Å². The summed E-state index contributed by atoms with van der Waals surface area (Å²) in [5.41, 5.74) is 0.477. The maximum Gasteiger partial charge on any atom is 0.376 e. The van der Waals surface area contributed by atoms with Crippen LogP contribution in [0.3, 0.4) is 0 Å². The minimum Gasteiger partial charge on any atom is -0.437 e. The van der Waals surface area contributed by atoms with Gasteiger partial charge in [-0.3, -0.25) is 14.3 Å². The Kier molecular flexibility index (Phi) is 5.89. The first kappa shape index (κ1) is 20.3. The van der Waals surface area contributed by atoms with Gasteiger partial charge in [0.1, 0.15) is 0 Å². The van der Waals surface area contributed by atoms with Crippen LogP contribution in [0.1, 0.15) is 26.2 Å². The van der Waals surface area contributed by atoms with Crippen LogP contribution < -0.4 is 10.5 Å². The van der Waals surface area contributed by atoms with Gasteiger partial charge in [0.2, 0.25) is 5.95 Å². The van der Waals surface area contributed by atoms with Gasteiger partial charge in [-0.2, -0.15) is 4.98 Å². The lowest BCUT2D eigenvalue weighted by atomic mass is 9.82. The summed E-state index contributed by atoms with van der Waals surface area (Å²) in [6, 6.07) is 4.56. The summed E-state index contributed by atoms with van der Waals surface area (Å²) >= 11 is 0. The van der Waals surface area contributed by atoms with E-state index >= 15 is 0 Å². The van der Waals surface area contributed by atoms with Gasteiger partial charge < -0.3 is 14.7 Å². The molecule has 29 heavy (non-hydrogen) atoms. The first-order valence-corrected chi connectivity index (χ1v) is 10.7. The summed E-state index contributed by atoms with van der Waals surface area (Å²) in [5.74, 6) is 0.711.